The molecule has 4 rings (SSSR count). The van der Waals surface area contributed by atoms with Gasteiger partial charge in [-0.25, -0.2) is 9.78 Å². The number of benzene rings is 2. The van der Waals surface area contributed by atoms with E-state index >= 15 is 0 Å². The number of rotatable bonds is 6. The van der Waals surface area contributed by atoms with Crippen molar-refractivity contribution in [1.29, 1.82) is 0 Å². The van der Waals surface area contributed by atoms with Crippen LogP contribution in [0.4, 0.5) is 5.13 Å². The Morgan fingerprint density at radius 3 is 2.60 bits per heavy atom. The maximum atomic E-state index is 12.2. The molecular weight excluding hydrogens is 398 g/mol. The summed E-state index contributed by atoms with van der Waals surface area (Å²) in [5.74, 6) is 0.468. The average Bonchev–Trinajstić information content (AvgIpc) is 3.18. The Labute approximate surface area is 181 Å². The molecule has 1 aliphatic rings. The number of carbonyl (C=O) groups excluding carboxylic acids is 1. The molecule has 2 aromatic carbocycles. The normalized spacial score (nSPS) is 15.0. The summed E-state index contributed by atoms with van der Waals surface area (Å²) in [7, 11) is 1.42. The van der Waals surface area contributed by atoms with Crippen LogP contribution in [-0.4, -0.2) is 55.2 Å². The van der Waals surface area contributed by atoms with E-state index in [2.05, 4.69) is 28.0 Å². The molecule has 0 radical (unpaired) electrons. The topological polar surface area (TPSA) is 54.9 Å². The number of ether oxygens (including phenoxy) is 2. The Morgan fingerprint density at radius 1 is 1.13 bits per heavy atom. The van der Waals surface area contributed by atoms with Gasteiger partial charge in [0, 0.05) is 32.7 Å². The standard InChI is InChI=1S/C23H27N3O3S/c1-16(2)29-18-8-9-19(22(27)28-3)17(14-18)15-25-10-12-26(13-11-25)23-24-20-6-4-5-7-21(20)30-23/h4-9,14,16H,10-13,15H2,1-3H3. The second kappa shape index (κ2) is 9.02. The minimum absolute atomic E-state index is 0.0826. The van der Waals surface area contributed by atoms with E-state index in [1.54, 1.807) is 17.4 Å². The molecule has 30 heavy (non-hydrogen) atoms. The van der Waals surface area contributed by atoms with Crippen LogP contribution in [0.2, 0.25) is 0 Å². The van der Waals surface area contributed by atoms with E-state index in [1.807, 2.05) is 32.0 Å². The molecular formula is C23H27N3O3S. The molecule has 0 N–H and O–H groups in total. The molecule has 0 aliphatic carbocycles. The maximum absolute atomic E-state index is 12.2. The fourth-order valence-electron chi connectivity index (χ4n) is 3.69. The van der Waals surface area contributed by atoms with Gasteiger partial charge in [-0.1, -0.05) is 23.5 Å². The summed E-state index contributed by atoms with van der Waals surface area (Å²) >= 11 is 1.74. The van der Waals surface area contributed by atoms with Gasteiger partial charge in [0.25, 0.3) is 0 Å². The number of fused-ring (bicyclic) bond motifs is 1. The van der Waals surface area contributed by atoms with Crippen LogP contribution in [0.15, 0.2) is 42.5 Å². The predicted molar refractivity (Wildman–Crippen MR) is 121 cm³/mol. The van der Waals surface area contributed by atoms with Crippen LogP contribution in [0.25, 0.3) is 10.2 Å². The van der Waals surface area contributed by atoms with Crippen molar-refractivity contribution in [1.82, 2.24) is 9.88 Å². The molecule has 0 unspecified atom stereocenters. The van der Waals surface area contributed by atoms with E-state index < -0.39 is 0 Å². The van der Waals surface area contributed by atoms with Crippen LogP contribution >= 0.6 is 11.3 Å². The first-order chi connectivity index (χ1) is 14.5. The van der Waals surface area contributed by atoms with Crippen LogP contribution in [0.3, 0.4) is 0 Å². The number of anilines is 1. The van der Waals surface area contributed by atoms with Gasteiger partial charge in [0.05, 0.1) is 29.0 Å². The molecule has 0 saturated carbocycles. The number of piperazine rings is 1. The SMILES string of the molecule is COC(=O)c1ccc(OC(C)C)cc1CN1CCN(c2nc3ccccc3s2)CC1. The highest BCUT2D eigenvalue weighted by Gasteiger charge is 2.22. The molecule has 0 atom stereocenters. The second-order valence-electron chi connectivity index (χ2n) is 7.70. The van der Waals surface area contributed by atoms with Crippen molar-refractivity contribution in [2.75, 3.05) is 38.2 Å². The van der Waals surface area contributed by atoms with Crippen molar-refractivity contribution in [3.63, 3.8) is 0 Å². The third-order valence-corrected chi connectivity index (χ3v) is 6.27. The minimum atomic E-state index is -0.311. The van der Waals surface area contributed by atoms with E-state index in [-0.39, 0.29) is 12.1 Å². The third-order valence-electron chi connectivity index (χ3n) is 5.17. The number of nitrogens with zero attached hydrogens (tertiary/aromatic N) is 3. The molecule has 1 fully saturated rings. The summed E-state index contributed by atoms with van der Waals surface area (Å²) in [6.45, 7) is 8.32. The number of thiazole rings is 1. The van der Waals surface area contributed by atoms with Gasteiger partial charge >= 0.3 is 5.97 Å². The summed E-state index contributed by atoms with van der Waals surface area (Å²) in [6.07, 6.45) is 0.0826. The largest absolute Gasteiger partial charge is 0.491 e. The highest BCUT2D eigenvalue weighted by atomic mass is 32.1. The van der Waals surface area contributed by atoms with E-state index in [0.717, 1.165) is 48.1 Å². The molecule has 6 nitrogen and oxygen atoms in total. The van der Waals surface area contributed by atoms with Gasteiger partial charge in [0.1, 0.15) is 5.75 Å². The van der Waals surface area contributed by atoms with E-state index in [4.69, 9.17) is 14.5 Å². The monoisotopic (exact) mass is 425 g/mol. The molecule has 3 aromatic rings. The summed E-state index contributed by atoms with van der Waals surface area (Å²) in [4.78, 5) is 21.7. The fraction of sp³-hybridized carbons (Fsp3) is 0.391. The first-order valence-corrected chi connectivity index (χ1v) is 11.1. The fourth-order valence-corrected chi connectivity index (χ4v) is 4.71. The number of carbonyl (C=O) groups is 1. The van der Waals surface area contributed by atoms with Crippen LogP contribution in [0.1, 0.15) is 29.8 Å². The molecule has 1 aliphatic heterocycles. The number of esters is 1. The second-order valence-corrected chi connectivity index (χ2v) is 8.71. The maximum Gasteiger partial charge on any atom is 0.338 e. The average molecular weight is 426 g/mol. The zero-order valence-electron chi connectivity index (χ0n) is 17.6. The number of methoxy groups -OCH3 is 1. The molecule has 0 spiro atoms. The highest BCUT2D eigenvalue weighted by molar-refractivity contribution is 7.22. The number of aromatic nitrogens is 1. The lowest BCUT2D eigenvalue weighted by Crippen LogP contribution is -2.46. The first kappa shape index (κ1) is 20.6. The van der Waals surface area contributed by atoms with Crippen molar-refractivity contribution in [2.45, 2.75) is 26.5 Å². The molecule has 2 heterocycles. The predicted octanol–water partition coefficient (Wildman–Crippen LogP) is 4.19. The van der Waals surface area contributed by atoms with E-state index in [0.29, 0.717) is 12.1 Å². The Balaban J connectivity index is 1.45. The Hall–Kier alpha value is -2.64. The van der Waals surface area contributed by atoms with Crippen LogP contribution in [0, 0.1) is 0 Å². The Kier molecular flexibility index (Phi) is 6.20. The van der Waals surface area contributed by atoms with Crippen molar-refractivity contribution in [3.05, 3.63) is 53.6 Å². The van der Waals surface area contributed by atoms with Gasteiger partial charge in [-0.15, -0.1) is 0 Å². The molecule has 7 heteroatoms. The smallest absolute Gasteiger partial charge is 0.338 e. The quantitative estimate of drug-likeness (QED) is 0.552. The Morgan fingerprint density at radius 2 is 1.90 bits per heavy atom. The molecule has 0 amide bonds. The van der Waals surface area contributed by atoms with Crippen molar-refractivity contribution in [3.8, 4) is 5.75 Å². The zero-order valence-corrected chi connectivity index (χ0v) is 18.4. The van der Waals surface area contributed by atoms with Gasteiger partial charge in [-0.3, -0.25) is 4.90 Å². The summed E-state index contributed by atoms with van der Waals surface area (Å²) in [5.41, 5.74) is 2.60. The van der Waals surface area contributed by atoms with E-state index in [9.17, 15) is 4.79 Å². The molecule has 158 valence electrons. The van der Waals surface area contributed by atoms with Gasteiger partial charge in [0.15, 0.2) is 5.13 Å². The summed E-state index contributed by atoms with van der Waals surface area (Å²) in [5, 5.41) is 1.08. The summed E-state index contributed by atoms with van der Waals surface area (Å²) < 4.78 is 12.0. The highest BCUT2D eigenvalue weighted by Crippen LogP contribution is 2.29. The minimum Gasteiger partial charge on any atom is -0.491 e. The summed E-state index contributed by atoms with van der Waals surface area (Å²) in [6, 6.07) is 13.9. The van der Waals surface area contributed by atoms with Crippen molar-refractivity contribution in [2.24, 2.45) is 0 Å². The van der Waals surface area contributed by atoms with Crippen LogP contribution in [0.5, 0.6) is 5.75 Å². The van der Waals surface area contributed by atoms with Gasteiger partial charge in [-0.2, -0.15) is 0 Å². The molecule has 0 bridgehead atoms. The number of hydrogen-bond acceptors (Lipinski definition) is 7. The zero-order chi connectivity index (χ0) is 21.1. The lowest BCUT2D eigenvalue weighted by molar-refractivity contribution is 0.0598. The first-order valence-electron chi connectivity index (χ1n) is 10.2. The Bertz CT molecular complexity index is 992. The number of hydrogen-bond donors (Lipinski definition) is 0. The van der Waals surface area contributed by atoms with Gasteiger partial charge < -0.3 is 14.4 Å². The number of para-hydroxylation sites is 1. The van der Waals surface area contributed by atoms with Gasteiger partial charge in [-0.05, 0) is 49.7 Å². The lowest BCUT2D eigenvalue weighted by atomic mass is 10.1. The van der Waals surface area contributed by atoms with E-state index in [1.165, 1.54) is 11.8 Å². The molecule has 1 aromatic heterocycles. The van der Waals surface area contributed by atoms with Crippen LogP contribution < -0.4 is 9.64 Å². The van der Waals surface area contributed by atoms with Crippen LogP contribution in [-0.2, 0) is 11.3 Å². The van der Waals surface area contributed by atoms with Gasteiger partial charge in [0.2, 0.25) is 0 Å². The van der Waals surface area contributed by atoms with Crippen molar-refractivity contribution < 1.29 is 14.3 Å². The third kappa shape index (κ3) is 4.57. The lowest BCUT2D eigenvalue weighted by Gasteiger charge is -2.34. The van der Waals surface area contributed by atoms with Crippen molar-refractivity contribution >= 4 is 32.7 Å². The molecule has 1 saturated heterocycles.